The fourth-order valence-electron chi connectivity index (χ4n) is 1.54. The van der Waals surface area contributed by atoms with Crippen molar-refractivity contribution < 1.29 is 8.78 Å². The fourth-order valence-corrected chi connectivity index (χ4v) is 1.54. The van der Waals surface area contributed by atoms with Crippen LogP contribution in [-0.4, -0.2) is 20.6 Å². The molecule has 1 aromatic carbocycles. The number of hydrogen-bond donors (Lipinski definition) is 2. The molecule has 2 rings (SSSR count). The van der Waals surface area contributed by atoms with Crippen molar-refractivity contribution in [3.8, 4) is 6.07 Å². The van der Waals surface area contributed by atoms with Gasteiger partial charge in [-0.2, -0.15) is 10.5 Å². The first kappa shape index (κ1) is 13.0. The molecule has 2 N–H and O–H groups in total. The minimum absolute atomic E-state index is 0.0426. The predicted molar refractivity (Wildman–Crippen MR) is 60.5 cm³/mol. The van der Waals surface area contributed by atoms with E-state index in [-0.39, 0.29) is 23.7 Å². The lowest BCUT2D eigenvalue weighted by molar-refractivity contribution is 0.498. The highest BCUT2D eigenvalue weighted by atomic mass is 19.1. The Morgan fingerprint density at radius 2 is 2.11 bits per heavy atom. The Labute approximate surface area is 107 Å². The number of hydrogen-bond acceptors (Lipinski definition) is 5. The van der Waals surface area contributed by atoms with Gasteiger partial charge in [-0.15, -0.1) is 10.2 Å². The lowest BCUT2D eigenvalue weighted by Gasteiger charge is -2.11. The van der Waals surface area contributed by atoms with Gasteiger partial charge in [0.15, 0.2) is 5.82 Å². The Balaban J connectivity index is 2.10. The number of tetrazole rings is 1. The molecule has 1 atom stereocenters. The third kappa shape index (κ3) is 2.89. The van der Waals surface area contributed by atoms with E-state index in [0.29, 0.717) is 5.82 Å². The number of aromatic amines is 1. The Morgan fingerprint density at radius 3 is 2.63 bits per heavy atom. The second kappa shape index (κ2) is 5.49. The van der Waals surface area contributed by atoms with E-state index in [4.69, 9.17) is 5.26 Å². The molecular weight excluding hydrogens is 254 g/mol. The number of rotatable bonds is 4. The van der Waals surface area contributed by atoms with E-state index in [1.165, 1.54) is 0 Å². The largest absolute Gasteiger partial charge is 0.303 e. The lowest BCUT2D eigenvalue weighted by Crippen LogP contribution is -2.21. The summed E-state index contributed by atoms with van der Waals surface area (Å²) < 4.78 is 27.2. The minimum atomic E-state index is -0.760. The Morgan fingerprint density at radius 1 is 1.42 bits per heavy atom. The van der Waals surface area contributed by atoms with Crippen LogP contribution in [0.15, 0.2) is 12.1 Å². The van der Waals surface area contributed by atoms with Crippen LogP contribution in [0.2, 0.25) is 0 Å². The van der Waals surface area contributed by atoms with Crippen LogP contribution in [-0.2, 0) is 6.54 Å². The molecule has 0 aliphatic rings. The van der Waals surface area contributed by atoms with Crippen molar-refractivity contribution in [1.82, 2.24) is 25.9 Å². The second-order valence-corrected chi connectivity index (χ2v) is 3.90. The normalized spacial score (nSPS) is 12.1. The van der Waals surface area contributed by atoms with Crippen LogP contribution in [0.4, 0.5) is 8.78 Å². The van der Waals surface area contributed by atoms with Crippen molar-refractivity contribution in [3.05, 3.63) is 40.7 Å². The molecule has 0 saturated heterocycles. The van der Waals surface area contributed by atoms with Crippen LogP contribution in [0.3, 0.4) is 0 Å². The summed E-state index contributed by atoms with van der Waals surface area (Å²) in [6.45, 7) is 1.70. The van der Waals surface area contributed by atoms with Crippen LogP contribution in [0.1, 0.15) is 29.9 Å². The smallest absolute Gasteiger partial charge is 0.191 e. The van der Waals surface area contributed by atoms with Crippen molar-refractivity contribution in [1.29, 1.82) is 5.26 Å². The molecule has 1 aromatic heterocycles. The second-order valence-electron chi connectivity index (χ2n) is 3.90. The van der Waals surface area contributed by atoms with E-state index in [9.17, 15) is 8.78 Å². The van der Waals surface area contributed by atoms with Gasteiger partial charge in [0.05, 0.1) is 17.7 Å². The lowest BCUT2D eigenvalue weighted by atomic mass is 10.1. The molecular formula is C11H10F2N6. The zero-order valence-corrected chi connectivity index (χ0v) is 9.98. The summed E-state index contributed by atoms with van der Waals surface area (Å²) in [6, 6.07) is 3.38. The van der Waals surface area contributed by atoms with Crippen LogP contribution in [0.5, 0.6) is 0 Å². The SMILES string of the molecule is CC(NCc1c(F)cc(C#N)cc1F)c1nn[nH]n1. The summed E-state index contributed by atoms with van der Waals surface area (Å²) in [4.78, 5) is 0. The summed E-state index contributed by atoms with van der Waals surface area (Å²) in [7, 11) is 0. The average molecular weight is 264 g/mol. The molecule has 0 aliphatic carbocycles. The summed E-state index contributed by atoms with van der Waals surface area (Å²) in [6.07, 6.45) is 0. The van der Waals surface area contributed by atoms with Crippen LogP contribution >= 0.6 is 0 Å². The predicted octanol–water partition coefficient (Wildman–Crippen LogP) is 1.20. The molecule has 8 heteroatoms. The van der Waals surface area contributed by atoms with E-state index >= 15 is 0 Å². The summed E-state index contributed by atoms with van der Waals surface area (Å²) in [5.41, 5.74) is -0.181. The highest BCUT2D eigenvalue weighted by Crippen LogP contribution is 2.16. The molecule has 0 bridgehead atoms. The van der Waals surface area contributed by atoms with Gasteiger partial charge in [-0.05, 0) is 19.1 Å². The molecule has 0 saturated carbocycles. The van der Waals surface area contributed by atoms with Gasteiger partial charge in [-0.1, -0.05) is 5.21 Å². The van der Waals surface area contributed by atoms with E-state index in [1.807, 2.05) is 0 Å². The van der Waals surface area contributed by atoms with Crippen LogP contribution in [0, 0.1) is 23.0 Å². The van der Waals surface area contributed by atoms with Gasteiger partial charge in [0.2, 0.25) is 0 Å². The monoisotopic (exact) mass is 264 g/mol. The highest BCUT2D eigenvalue weighted by Gasteiger charge is 2.14. The zero-order valence-electron chi connectivity index (χ0n) is 9.98. The zero-order chi connectivity index (χ0) is 13.8. The molecule has 0 aliphatic heterocycles. The quantitative estimate of drug-likeness (QED) is 0.866. The number of halogens is 2. The topological polar surface area (TPSA) is 90.3 Å². The van der Waals surface area contributed by atoms with Gasteiger partial charge >= 0.3 is 0 Å². The van der Waals surface area contributed by atoms with Gasteiger partial charge < -0.3 is 5.32 Å². The van der Waals surface area contributed by atoms with Crippen LogP contribution in [0.25, 0.3) is 0 Å². The Bertz CT molecular complexity index is 581. The average Bonchev–Trinajstić information content (AvgIpc) is 2.91. The number of nitrogens with one attached hydrogen (secondary N) is 2. The van der Waals surface area contributed by atoms with E-state index in [1.54, 1.807) is 13.0 Å². The number of nitrogens with zero attached hydrogens (tertiary/aromatic N) is 4. The Kier molecular flexibility index (Phi) is 3.77. The maximum atomic E-state index is 13.6. The molecule has 2 aromatic rings. The van der Waals surface area contributed by atoms with Crippen molar-refractivity contribution in [2.75, 3.05) is 0 Å². The molecule has 98 valence electrons. The molecule has 1 heterocycles. The van der Waals surface area contributed by atoms with Gasteiger partial charge in [0.1, 0.15) is 11.6 Å². The van der Waals surface area contributed by atoms with E-state index < -0.39 is 11.6 Å². The highest BCUT2D eigenvalue weighted by molar-refractivity contribution is 5.34. The first-order valence-electron chi connectivity index (χ1n) is 5.46. The third-order valence-corrected chi connectivity index (χ3v) is 2.60. The molecule has 0 spiro atoms. The molecule has 0 amide bonds. The molecule has 6 nitrogen and oxygen atoms in total. The maximum Gasteiger partial charge on any atom is 0.191 e. The van der Waals surface area contributed by atoms with Gasteiger partial charge in [0.25, 0.3) is 0 Å². The van der Waals surface area contributed by atoms with Crippen molar-refractivity contribution in [3.63, 3.8) is 0 Å². The maximum absolute atomic E-state index is 13.6. The summed E-state index contributed by atoms with van der Waals surface area (Å²) >= 11 is 0. The molecule has 19 heavy (non-hydrogen) atoms. The van der Waals surface area contributed by atoms with Crippen molar-refractivity contribution in [2.24, 2.45) is 0 Å². The van der Waals surface area contributed by atoms with Crippen molar-refractivity contribution in [2.45, 2.75) is 19.5 Å². The van der Waals surface area contributed by atoms with Gasteiger partial charge in [-0.3, -0.25) is 0 Å². The number of aromatic nitrogens is 4. The molecule has 0 fully saturated rings. The first-order chi connectivity index (χ1) is 9.11. The number of nitriles is 1. The fraction of sp³-hybridized carbons (Fsp3) is 0.273. The van der Waals surface area contributed by atoms with E-state index in [2.05, 4.69) is 25.9 Å². The van der Waals surface area contributed by atoms with Crippen molar-refractivity contribution >= 4 is 0 Å². The molecule has 1 unspecified atom stereocenters. The Hall–Kier alpha value is -2.40. The van der Waals surface area contributed by atoms with E-state index in [0.717, 1.165) is 12.1 Å². The summed E-state index contributed by atoms with van der Waals surface area (Å²) in [5.74, 6) is -1.12. The number of H-pyrrole nitrogens is 1. The summed E-state index contributed by atoms with van der Waals surface area (Å²) in [5, 5.41) is 24.7. The minimum Gasteiger partial charge on any atom is -0.303 e. The first-order valence-corrected chi connectivity index (χ1v) is 5.46. The third-order valence-electron chi connectivity index (χ3n) is 2.60. The number of benzene rings is 1. The van der Waals surface area contributed by atoms with Gasteiger partial charge in [-0.25, -0.2) is 8.78 Å². The standard InChI is InChI=1S/C11H10F2N6/c1-6(11-16-18-19-17-11)15-5-8-9(12)2-7(4-14)3-10(8)13/h2-3,6,15H,5H2,1H3,(H,16,17,18,19). The van der Waals surface area contributed by atoms with Crippen LogP contribution < -0.4 is 5.32 Å². The molecule has 0 radical (unpaired) electrons. The van der Waals surface area contributed by atoms with Gasteiger partial charge in [0, 0.05) is 12.1 Å².